The molecule has 0 aliphatic carbocycles. The molecule has 0 spiro atoms. The Bertz CT molecular complexity index is 1360. The second kappa shape index (κ2) is 9.98. The number of nitrogens with zero attached hydrogens (tertiary/aromatic N) is 2. The molecular formula is C28H26N2O4S. The molecule has 1 fully saturated rings. The van der Waals surface area contributed by atoms with Gasteiger partial charge in [0.05, 0.1) is 24.5 Å². The molecule has 7 heteroatoms. The van der Waals surface area contributed by atoms with Gasteiger partial charge in [-0.3, -0.25) is 14.5 Å². The summed E-state index contributed by atoms with van der Waals surface area (Å²) in [6.07, 6.45) is 1.85. The zero-order valence-electron chi connectivity index (χ0n) is 19.7. The molecule has 4 aromatic rings. The number of hydrogen-bond donors (Lipinski definition) is 0. The first-order chi connectivity index (χ1) is 17.0. The molecule has 35 heavy (non-hydrogen) atoms. The summed E-state index contributed by atoms with van der Waals surface area (Å²) in [5, 5.41) is 0.609. The van der Waals surface area contributed by atoms with Gasteiger partial charge in [0.15, 0.2) is 10.9 Å². The monoisotopic (exact) mass is 486 g/mol. The lowest BCUT2D eigenvalue weighted by Crippen LogP contribution is -2.37. The Labute approximate surface area is 208 Å². The molecule has 1 aliphatic heterocycles. The topological polar surface area (TPSA) is 68.7 Å². The molecule has 1 unspecified atom stereocenters. The van der Waals surface area contributed by atoms with E-state index in [2.05, 4.69) is 0 Å². The van der Waals surface area contributed by atoms with Crippen LogP contribution in [0.5, 0.6) is 5.75 Å². The molecule has 1 amide bonds. The van der Waals surface area contributed by atoms with Crippen LogP contribution in [0.2, 0.25) is 0 Å². The molecule has 1 saturated heterocycles. The van der Waals surface area contributed by atoms with Crippen LogP contribution in [-0.2, 0) is 4.74 Å². The van der Waals surface area contributed by atoms with Crippen molar-refractivity contribution in [3.05, 3.63) is 89.0 Å². The minimum atomic E-state index is -0.171. The first-order valence-electron chi connectivity index (χ1n) is 11.6. The second-order valence-corrected chi connectivity index (χ2v) is 9.56. The molecule has 0 radical (unpaired) electrons. The Hall–Kier alpha value is -3.55. The van der Waals surface area contributed by atoms with Crippen LogP contribution < -0.4 is 9.64 Å². The summed E-state index contributed by atoms with van der Waals surface area (Å²) in [4.78, 5) is 33.0. The molecule has 0 bridgehead atoms. The predicted octanol–water partition coefficient (Wildman–Crippen LogP) is 5.67. The number of ether oxygens (including phenoxy) is 2. The second-order valence-electron chi connectivity index (χ2n) is 8.58. The standard InChI is InChI=1S/C28H26N2O4S/c1-18-10-15-23(33-2)24-26(18)35-28(29-24)30(17-22-9-6-16-34-22)27(32)21-13-11-20(12-14-21)25(31)19-7-4-3-5-8-19/h3-5,7-8,10-15,22H,6,9,16-17H2,1-2H3. The van der Waals surface area contributed by atoms with Crippen molar-refractivity contribution >= 4 is 38.4 Å². The lowest BCUT2D eigenvalue weighted by Gasteiger charge is -2.23. The van der Waals surface area contributed by atoms with E-state index in [4.69, 9.17) is 14.5 Å². The molecule has 1 aliphatic rings. The van der Waals surface area contributed by atoms with Gasteiger partial charge in [0, 0.05) is 23.3 Å². The summed E-state index contributed by atoms with van der Waals surface area (Å²) in [6.45, 7) is 3.15. The van der Waals surface area contributed by atoms with Crippen LogP contribution in [0.3, 0.4) is 0 Å². The lowest BCUT2D eigenvalue weighted by molar-refractivity contribution is 0.0917. The fourth-order valence-electron chi connectivity index (χ4n) is 4.29. The average Bonchev–Trinajstić information content (AvgIpc) is 3.58. The Kier molecular flexibility index (Phi) is 6.61. The van der Waals surface area contributed by atoms with E-state index in [1.165, 1.54) is 11.3 Å². The largest absolute Gasteiger partial charge is 0.494 e. The van der Waals surface area contributed by atoms with Gasteiger partial charge in [0.1, 0.15) is 11.3 Å². The van der Waals surface area contributed by atoms with Gasteiger partial charge in [0.25, 0.3) is 5.91 Å². The number of fused-ring (bicyclic) bond motifs is 1. The molecule has 0 N–H and O–H groups in total. The van der Waals surface area contributed by atoms with Crippen molar-refractivity contribution in [3.8, 4) is 5.75 Å². The first-order valence-corrected chi connectivity index (χ1v) is 12.4. The zero-order valence-corrected chi connectivity index (χ0v) is 20.5. The maximum atomic E-state index is 13.7. The number of carbonyl (C=O) groups is 2. The van der Waals surface area contributed by atoms with Crippen molar-refractivity contribution < 1.29 is 19.1 Å². The van der Waals surface area contributed by atoms with Gasteiger partial charge in [-0.05, 0) is 43.5 Å². The van der Waals surface area contributed by atoms with E-state index >= 15 is 0 Å². The first kappa shape index (κ1) is 23.2. The minimum absolute atomic E-state index is 0.0344. The maximum Gasteiger partial charge on any atom is 0.260 e. The van der Waals surface area contributed by atoms with Crippen molar-refractivity contribution in [1.29, 1.82) is 0 Å². The number of aryl methyl sites for hydroxylation is 1. The molecule has 3 aromatic carbocycles. The SMILES string of the molecule is COc1ccc(C)c2sc(N(CC3CCCO3)C(=O)c3ccc(C(=O)c4ccccc4)cc3)nc12. The highest BCUT2D eigenvalue weighted by Gasteiger charge is 2.28. The number of rotatable bonds is 7. The quantitative estimate of drug-likeness (QED) is 0.315. The van der Waals surface area contributed by atoms with E-state index < -0.39 is 0 Å². The van der Waals surface area contributed by atoms with Crippen molar-refractivity contribution in [2.24, 2.45) is 0 Å². The smallest absolute Gasteiger partial charge is 0.260 e. The molecule has 2 heterocycles. The molecule has 6 nitrogen and oxygen atoms in total. The van der Waals surface area contributed by atoms with Crippen molar-refractivity contribution in [3.63, 3.8) is 0 Å². The summed E-state index contributed by atoms with van der Waals surface area (Å²) in [5.74, 6) is 0.436. The Morgan fingerprint density at radius 3 is 2.43 bits per heavy atom. The zero-order chi connectivity index (χ0) is 24.4. The highest BCUT2D eigenvalue weighted by molar-refractivity contribution is 7.22. The van der Waals surface area contributed by atoms with Crippen molar-refractivity contribution in [2.75, 3.05) is 25.2 Å². The van der Waals surface area contributed by atoms with Crippen LogP contribution in [-0.4, -0.2) is 43.0 Å². The number of thiazole rings is 1. The van der Waals surface area contributed by atoms with Gasteiger partial charge in [-0.15, -0.1) is 0 Å². The molecule has 178 valence electrons. The van der Waals surface area contributed by atoms with E-state index in [-0.39, 0.29) is 17.8 Å². The number of amides is 1. The normalized spacial score (nSPS) is 15.3. The lowest BCUT2D eigenvalue weighted by atomic mass is 10.0. The third kappa shape index (κ3) is 4.70. The molecule has 1 aromatic heterocycles. The summed E-state index contributed by atoms with van der Waals surface area (Å²) < 4.78 is 12.4. The third-order valence-corrected chi connectivity index (χ3v) is 7.44. The highest BCUT2D eigenvalue weighted by Crippen LogP contribution is 2.37. The van der Waals surface area contributed by atoms with Gasteiger partial charge in [0.2, 0.25) is 0 Å². The van der Waals surface area contributed by atoms with Crippen LogP contribution in [0.4, 0.5) is 5.13 Å². The van der Waals surface area contributed by atoms with Gasteiger partial charge >= 0.3 is 0 Å². The van der Waals surface area contributed by atoms with E-state index in [0.29, 0.717) is 40.7 Å². The summed E-state index contributed by atoms with van der Waals surface area (Å²) >= 11 is 1.48. The molecular weight excluding hydrogens is 460 g/mol. The van der Waals surface area contributed by atoms with Gasteiger partial charge < -0.3 is 9.47 Å². The van der Waals surface area contributed by atoms with Crippen LogP contribution in [0.15, 0.2) is 66.7 Å². The van der Waals surface area contributed by atoms with Crippen molar-refractivity contribution in [2.45, 2.75) is 25.9 Å². The minimum Gasteiger partial charge on any atom is -0.494 e. The number of benzene rings is 3. The van der Waals surface area contributed by atoms with E-state index in [1.807, 2.05) is 37.3 Å². The van der Waals surface area contributed by atoms with Crippen molar-refractivity contribution in [1.82, 2.24) is 4.98 Å². The third-order valence-electron chi connectivity index (χ3n) is 6.23. The van der Waals surface area contributed by atoms with E-state index in [1.54, 1.807) is 48.4 Å². The van der Waals surface area contributed by atoms with E-state index in [0.717, 1.165) is 28.6 Å². The number of ketones is 1. The van der Waals surface area contributed by atoms with Gasteiger partial charge in [-0.1, -0.05) is 59.9 Å². The number of aromatic nitrogens is 1. The number of anilines is 1. The molecule has 0 saturated carbocycles. The Balaban J connectivity index is 1.47. The van der Waals surface area contributed by atoms with Crippen LogP contribution >= 0.6 is 11.3 Å². The van der Waals surface area contributed by atoms with Crippen LogP contribution in [0.1, 0.15) is 44.7 Å². The van der Waals surface area contributed by atoms with Crippen LogP contribution in [0.25, 0.3) is 10.2 Å². The van der Waals surface area contributed by atoms with Crippen LogP contribution in [0, 0.1) is 6.92 Å². The fraction of sp³-hybridized carbons (Fsp3) is 0.250. The van der Waals surface area contributed by atoms with Gasteiger partial charge in [-0.25, -0.2) is 4.98 Å². The summed E-state index contributed by atoms with van der Waals surface area (Å²) in [5.41, 5.74) is 3.49. The van der Waals surface area contributed by atoms with E-state index in [9.17, 15) is 9.59 Å². The number of carbonyl (C=O) groups excluding carboxylic acids is 2. The Morgan fingerprint density at radius 1 is 1.03 bits per heavy atom. The summed E-state index contributed by atoms with van der Waals surface area (Å²) in [6, 6.07) is 19.8. The summed E-state index contributed by atoms with van der Waals surface area (Å²) in [7, 11) is 1.62. The fourth-order valence-corrected chi connectivity index (χ4v) is 5.35. The Morgan fingerprint density at radius 2 is 1.74 bits per heavy atom. The average molecular weight is 487 g/mol. The number of hydrogen-bond acceptors (Lipinski definition) is 6. The predicted molar refractivity (Wildman–Crippen MR) is 138 cm³/mol. The number of methoxy groups -OCH3 is 1. The molecule has 5 rings (SSSR count). The van der Waals surface area contributed by atoms with Gasteiger partial charge in [-0.2, -0.15) is 0 Å². The molecule has 1 atom stereocenters. The highest BCUT2D eigenvalue weighted by atomic mass is 32.1. The maximum absolute atomic E-state index is 13.7.